The number of aromatic nitrogens is 2. The average molecular weight is 305 g/mol. The molecule has 1 saturated heterocycles. The fourth-order valence-corrected chi connectivity index (χ4v) is 3.14. The van der Waals surface area contributed by atoms with E-state index in [-0.39, 0.29) is 12.0 Å². The first-order chi connectivity index (χ1) is 10.3. The summed E-state index contributed by atoms with van der Waals surface area (Å²) in [7, 11) is 0. The van der Waals surface area contributed by atoms with E-state index in [9.17, 15) is 4.79 Å². The number of carbonyl (C=O) groups is 1. The van der Waals surface area contributed by atoms with Crippen molar-refractivity contribution in [3.63, 3.8) is 0 Å². The maximum Gasteiger partial charge on any atom is 0.224 e. The first-order valence-electron chi connectivity index (χ1n) is 7.24. The number of aryl methyl sites for hydroxylation is 1. The van der Waals surface area contributed by atoms with E-state index in [4.69, 9.17) is 4.74 Å². The third kappa shape index (κ3) is 4.15. The SMILES string of the molecule is O=C(CCc1ccsc1)Nc1cnn(CC2CCCO2)c1. The quantitative estimate of drug-likeness (QED) is 0.892. The van der Waals surface area contributed by atoms with Crippen molar-refractivity contribution in [2.45, 2.75) is 38.3 Å². The van der Waals surface area contributed by atoms with Crippen molar-refractivity contribution in [1.82, 2.24) is 9.78 Å². The number of hydrogen-bond acceptors (Lipinski definition) is 4. The summed E-state index contributed by atoms with van der Waals surface area (Å²) in [5, 5.41) is 11.3. The zero-order valence-electron chi connectivity index (χ0n) is 11.8. The van der Waals surface area contributed by atoms with Gasteiger partial charge in [0.1, 0.15) is 0 Å². The first kappa shape index (κ1) is 14.3. The molecule has 6 heteroatoms. The molecule has 2 aromatic rings. The van der Waals surface area contributed by atoms with Gasteiger partial charge in [-0.3, -0.25) is 9.48 Å². The van der Waals surface area contributed by atoms with Crippen LogP contribution in [-0.2, 0) is 22.5 Å². The molecule has 2 aromatic heterocycles. The lowest BCUT2D eigenvalue weighted by Crippen LogP contribution is -2.15. The van der Waals surface area contributed by atoms with E-state index in [2.05, 4.69) is 21.9 Å². The standard InChI is InChI=1S/C15H19N3O2S/c19-15(4-3-12-5-7-21-11-12)17-13-8-16-18(9-13)10-14-2-1-6-20-14/h5,7-9,11,14H,1-4,6,10H2,(H,17,19). The second kappa shape index (κ2) is 6.87. The molecule has 0 aliphatic carbocycles. The minimum Gasteiger partial charge on any atom is -0.376 e. The normalized spacial score (nSPS) is 18.0. The van der Waals surface area contributed by atoms with E-state index in [1.165, 1.54) is 5.56 Å². The molecule has 1 aliphatic rings. The lowest BCUT2D eigenvalue weighted by atomic mass is 10.2. The van der Waals surface area contributed by atoms with Crippen LogP contribution in [0, 0.1) is 0 Å². The van der Waals surface area contributed by atoms with Crippen molar-refractivity contribution < 1.29 is 9.53 Å². The summed E-state index contributed by atoms with van der Waals surface area (Å²) in [4.78, 5) is 11.9. The van der Waals surface area contributed by atoms with Gasteiger partial charge in [-0.05, 0) is 41.7 Å². The van der Waals surface area contributed by atoms with Crippen LogP contribution in [0.5, 0.6) is 0 Å². The highest BCUT2D eigenvalue weighted by molar-refractivity contribution is 7.07. The van der Waals surface area contributed by atoms with Gasteiger partial charge in [-0.15, -0.1) is 0 Å². The first-order valence-corrected chi connectivity index (χ1v) is 8.19. The molecule has 0 spiro atoms. The van der Waals surface area contributed by atoms with Gasteiger partial charge in [-0.1, -0.05) is 0 Å². The van der Waals surface area contributed by atoms with Crippen molar-refractivity contribution in [1.29, 1.82) is 0 Å². The van der Waals surface area contributed by atoms with E-state index in [0.29, 0.717) is 6.42 Å². The monoisotopic (exact) mass is 305 g/mol. The van der Waals surface area contributed by atoms with Crippen LogP contribution in [0.4, 0.5) is 5.69 Å². The lowest BCUT2D eigenvalue weighted by Gasteiger charge is -2.08. The van der Waals surface area contributed by atoms with Crippen LogP contribution in [0.3, 0.4) is 0 Å². The number of thiophene rings is 1. The Kier molecular flexibility index (Phi) is 4.67. The van der Waals surface area contributed by atoms with Gasteiger partial charge in [0.05, 0.1) is 24.5 Å². The van der Waals surface area contributed by atoms with Crippen LogP contribution >= 0.6 is 11.3 Å². The summed E-state index contributed by atoms with van der Waals surface area (Å²) in [5.74, 6) is 0.0258. The number of hydrogen-bond donors (Lipinski definition) is 1. The molecule has 1 unspecified atom stereocenters. The molecular weight excluding hydrogens is 286 g/mol. The molecular formula is C15H19N3O2S. The topological polar surface area (TPSA) is 56.2 Å². The van der Waals surface area contributed by atoms with Crippen molar-refractivity contribution in [3.8, 4) is 0 Å². The molecule has 0 bridgehead atoms. The van der Waals surface area contributed by atoms with Gasteiger partial charge < -0.3 is 10.1 Å². The minimum absolute atomic E-state index is 0.0258. The summed E-state index contributed by atoms with van der Waals surface area (Å²) in [6.45, 7) is 1.60. The van der Waals surface area contributed by atoms with E-state index in [0.717, 1.165) is 38.1 Å². The zero-order valence-corrected chi connectivity index (χ0v) is 12.6. The van der Waals surface area contributed by atoms with Gasteiger partial charge >= 0.3 is 0 Å². The summed E-state index contributed by atoms with van der Waals surface area (Å²) in [6.07, 6.45) is 7.29. The van der Waals surface area contributed by atoms with Crippen LogP contribution in [-0.4, -0.2) is 28.4 Å². The molecule has 1 fully saturated rings. The fourth-order valence-electron chi connectivity index (χ4n) is 2.44. The third-order valence-corrected chi connectivity index (χ3v) is 4.28. The Morgan fingerprint density at radius 2 is 2.52 bits per heavy atom. The molecule has 5 nitrogen and oxygen atoms in total. The predicted molar refractivity (Wildman–Crippen MR) is 82.5 cm³/mol. The van der Waals surface area contributed by atoms with E-state index in [1.54, 1.807) is 17.5 Å². The largest absolute Gasteiger partial charge is 0.376 e. The third-order valence-electron chi connectivity index (χ3n) is 3.55. The van der Waals surface area contributed by atoms with Crippen molar-refractivity contribution in [3.05, 3.63) is 34.8 Å². The second-order valence-corrected chi connectivity index (χ2v) is 6.05. The van der Waals surface area contributed by atoms with Crippen LogP contribution < -0.4 is 5.32 Å². The Bertz CT molecular complexity index is 574. The minimum atomic E-state index is 0.0258. The fraction of sp³-hybridized carbons (Fsp3) is 0.467. The second-order valence-electron chi connectivity index (χ2n) is 5.27. The van der Waals surface area contributed by atoms with Crippen LogP contribution in [0.1, 0.15) is 24.8 Å². The van der Waals surface area contributed by atoms with E-state index >= 15 is 0 Å². The molecule has 112 valence electrons. The average Bonchev–Trinajstić information content (AvgIpc) is 3.19. The smallest absolute Gasteiger partial charge is 0.224 e. The maximum atomic E-state index is 11.9. The highest BCUT2D eigenvalue weighted by Crippen LogP contribution is 2.15. The van der Waals surface area contributed by atoms with Crippen LogP contribution in [0.25, 0.3) is 0 Å². The van der Waals surface area contributed by atoms with E-state index in [1.807, 2.05) is 16.3 Å². The summed E-state index contributed by atoms with van der Waals surface area (Å²) < 4.78 is 7.42. The van der Waals surface area contributed by atoms with E-state index < -0.39 is 0 Å². The van der Waals surface area contributed by atoms with Gasteiger partial charge in [-0.2, -0.15) is 16.4 Å². The number of nitrogens with one attached hydrogen (secondary N) is 1. The zero-order chi connectivity index (χ0) is 14.5. The number of anilines is 1. The maximum absolute atomic E-state index is 11.9. The van der Waals surface area contributed by atoms with Crippen molar-refractivity contribution >= 4 is 22.9 Å². The predicted octanol–water partition coefficient (Wildman–Crippen LogP) is 2.69. The molecule has 0 radical (unpaired) electrons. The number of ether oxygens (including phenoxy) is 1. The summed E-state index contributed by atoms with van der Waals surface area (Å²) in [5.41, 5.74) is 1.97. The van der Waals surface area contributed by atoms with Crippen molar-refractivity contribution in [2.24, 2.45) is 0 Å². The summed E-state index contributed by atoms with van der Waals surface area (Å²) >= 11 is 1.66. The van der Waals surface area contributed by atoms with Crippen LogP contribution in [0.2, 0.25) is 0 Å². The molecule has 0 saturated carbocycles. The Morgan fingerprint density at radius 3 is 3.29 bits per heavy atom. The van der Waals surface area contributed by atoms with Gasteiger partial charge in [-0.25, -0.2) is 0 Å². The molecule has 1 N–H and O–H groups in total. The highest BCUT2D eigenvalue weighted by atomic mass is 32.1. The number of amides is 1. The Hall–Kier alpha value is -1.66. The molecule has 3 rings (SSSR count). The molecule has 21 heavy (non-hydrogen) atoms. The Morgan fingerprint density at radius 1 is 1.57 bits per heavy atom. The number of carbonyl (C=O) groups excluding carboxylic acids is 1. The molecule has 3 heterocycles. The van der Waals surface area contributed by atoms with Gasteiger partial charge in [0.15, 0.2) is 0 Å². The van der Waals surface area contributed by atoms with Gasteiger partial charge in [0, 0.05) is 19.2 Å². The molecule has 0 aromatic carbocycles. The Balaban J connectivity index is 1.46. The molecule has 1 amide bonds. The number of nitrogens with zero attached hydrogens (tertiary/aromatic N) is 2. The Labute approximate surface area is 127 Å². The van der Waals surface area contributed by atoms with Crippen LogP contribution in [0.15, 0.2) is 29.2 Å². The van der Waals surface area contributed by atoms with Crippen molar-refractivity contribution in [2.75, 3.05) is 11.9 Å². The van der Waals surface area contributed by atoms with Gasteiger partial charge in [0.2, 0.25) is 5.91 Å². The number of rotatable bonds is 6. The molecule has 1 atom stereocenters. The highest BCUT2D eigenvalue weighted by Gasteiger charge is 2.16. The summed E-state index contributed by atoms with van der Waals surface area (Å²) in [6, 6.07) is 2.05. The lowest BCUT2D eigenvalue weighted by molar-refractivity contribution is -0.116. The van der Waals surface area contributed by atoms with Gasteiger partial charge in [0.25, 0.3) is 0 Å². The molecule has 1 aliphatic heterocycles.